The number of carbonyl (C=O) groups excluding carboxylic acids is 2. The summed E-state index contributed by atoms with van der Waals surface area (Å²) in [5.41, 5.74) is 0.0568. The molecule has 0 bridgehead atoms. The summed E-state index contributed by atoms with van der Waals surface area (Å²) in [5.74, 6) is -0.576. The second kappa shape index (κ2) is 6.18. The first-order valence-corrected chi connectivity index (χ1v) is 7.60. The predicted octanol–water partition coefficient (Wildman–Crippen LogP) is 0.728. The zero-order chi connectivity index (χ0) is 17.3. The summed E-state index contributed by atoms with van der Waals surface area (Å²) in [6.07, 6.45) is -3.63. The van der Waals surface area contributed by atoms with Crippen LogP contribution in [0.4, 0.5) is 13.6 Å². The molecule has 3 rings (SSSR count). The number of hydrogen-bond donors (Lipinski definition) is 0. The fourth-order valence-electron chi connectivity index (χ4n) is 3.34. The van der Waals surface area contributed by atoms with Crippen molar-refractivity contribution in [3.05, 3.63) is 35.9 Å². The molecule has 1 aromatic carbocycles. The van der Waals surface area contributed by atoms with E-state index in [1.807, 2.05) is 18.2 Å². The Kier molecular flexibility index (Phi) is 4.21. The average molecular weight is 336 g/mol. The number of fused-ring (bicyclic) bond motifs is 1. The van der Waals surface area contributed by atoms with Gasteiger partial charge in [0.2, 0.25) is 0 Å². The highest BCUT2D eigenvalue weighted by Crippen LogP contribution is 2.38. The van der Waals surface area contributed by atoms with E-state index in [1.54, 1.807) is 12.1 Å². The van der Waals surface area contributed by atoms with Gasteiger partial charge >= 0.3 is 0 Å². The Hall–Kier alpha value is -2.51. The molecule has 1 fully saturated rings. The molecule has 0 aromatic heterocycles. The van der Waals surface area contributed by atoms with E-state index in [4.69, 9.17) is 0 Å². The minimum Gasteiger partial charge on any atom is -0.530 e. The van der Waals surface area contributed by atoms with Gasteiger partial charge in [-0.25, -0.2) is 13.8 Å². The maximum atomic E-state index is 12.8. The highest BCUT2D eigenvalue weighted by atomic mass is 19.3. The van der Waals surface area contributed by atoms with Crippen LogP contribution in [0.2, 0.25) is 0 Å². The van der Waals surface area contributed by atoms with Crippen LogP contribution in [0.1, 0.15) is 12.0 Å². The minimum absolute atomic E-state index is 0.123. The molecule has 2 aliphatic rings. The number of alkyl halides is 2. The van der Waals surface area contributed by atoms with E-state index in [0.717, 1.165) is 15.5 Å². The molecule has 1 saturated heterocycles. The lowest BCUT2D eigenvalue weighted by molar-refractivity contribution is -0.266. The lowest BCUT2D eigenvalue weighted by Crippen LogP contribution is -2.58. The zero-order valence-corrected chi connectivity index (χ0v) is 12.8. The van der Waals surface area contributed by atoms with Crippen molar-refractivity contribution in [2.75, 3.05) is 19.6 Å². The molecule has 2 heterocycles. The molecule has 0 N–H and O–H groups in total. The molecule has 6 nitrogen and oxygen atoms in total. The van der Waals surface area contributed by atoms with Crippen molar-refractivity contribution in [1.29, 1.82) is 0 Å². The number of carboxylic acid groups (broad SMARTS) is 1. The summed E-state index contributed by atoms with van der Waals surface area (Å²) in [6, 6.07) is 9.06. The second-order valence-electron chi connectivity index (χ2n) is 6.01. The number of piperidine rings is 1. The quantitative estimate of drug-likeness (QED) is 0.813. The summed E-state index contributed by atoms with van der Waals surface area (Å²) < 4.78 is 25.4. The van der Waals surface area contributed by atoms with Crippen LogP contribution in [-0.2, 0) is 11.2 Å². The van der Waals surface area contributed by atoms with Gasteiger partial charge in [-0.1, -0.05) is 30.3 Å². The first-order chi connectivity index (χ1) is 11.4. The van der Waals surface area contributed by atoms with Crippen LogP contribution in [0.3, 0.4) is 0 Å². The number of hydrogen-bond acceptors (Lipinski definition) is 4. The number of amides is 2. The van der Waals surface area contributed by atoms with Crippen molar-refractivity contribution in [3.63, 3.8) is 0 Å². The Bertz CT molecular complexity index is 680. The minimum atomic E-state index is -2.70. The Morgan fingerprint density at radius 3 is 2.67 bits per heavy atom. The third-order valence-corrected chi connectivity index (χ3v) is 4.43. The van der Waals surface area contributed by atoms with Crippen LogP contribution in [0.25, 0.3) is 0 Å². The van der Waals surface area contributed by atoms with E-state index in [1.165, 1.54) is 0 Å². The van der Waals surface area contributed by atoms with Gasteiger partial charge in [-0.15, -0.1) is 0 Å². The molecule has 24 heavy (non-hydrogen) atoms. The number of benzene rings is 1. The molecule has 2 amide bonds. The highest BCUT2D eigenvalue weighted by molar-refractivity contribution is 6.13. The fourth-order valence-corrected chi connectivity index (χ4v) is 3.34. The number of rotatable bonds is 4. The molecule has 2 aliphatic heterocycles. The van der Waals surface area contributed by atoms with E-state index in [2.05, 4.69) is 5.10 Å². The van der Waals surface area contributed by atoms with Gasteiger partial charge in [-0.05, 0) is 12.0 Å². The second-order valence-corrected chi connectivity index (χ2v) is 6.01. The molecule has 0 radical (unpaired) electrons. The molecule has 1 unspecified atom stereocenters. The molecule has 0 aliphatic carbocycles. The van der Waals surface area contributed by atoms with Gasteiger partial charge < -0.3 is 14.8 Å². The van der Waals surface area contributed by atoms with Crippen molar-refractivity contribution in [2.24, 2.45) is 10.5 Å². The summed E-state index contributed by atoms with van der Waals surface area (Å²) in [7, 11) is 0. The van der Waals surface area contributed by atoms with Crippen molar-refractivity contribution >= 4 is 17.7 Å². The van der Waals surface area contributed by atoms with Crippen molar-refractivity contribution in [2.45, 2.75) is 19.3 Å². The highest BCUT2D eigenvalue weighted by Gasteiger charge is 2.53. The first kappa shape index (κ1) is 16.4. The molecule has 0 saturated carbocycles. The van der Waals surface area contributed by atoms with E-state index in [0.29, 0.717) is 5.71 Å². The van der Waals surface area contributed by atoms with Gasteiger partial charge in [0.25, 0.3) is 12.3 Å². The monoisotopic (exact) mass is 336 g/mol. The molecule has 128 valence electrons. The van der Waals surface area contributed by atoms with Crippen LogP contribution in [-0.4, -0.2) is 53.7 Å². The summed E-state index contributed by atoms with van der Waals surface area (Å²) >= 11 is 0. The van der Waals surface area contributed by atoms with Gasteiger partial charge in [-0.3, -0.25) is 4.79 Å². The summed E-state index contributed by atoms with van der Waals surface area (Å²) in [5, 5.41) is 16.1. The van der Waals surface area contributed by atoms with E-state index >= 15 is 0 Å². The summed E-state index contributed by atoms with van der Waals surface area (Å²) in [4.78, 5) is 25.1. The summed E-state index contributed by atoms with van der Waals surface area (Å²) in [6.45, 7) is -0.765. The van der Waals surface area contributed by atoms with Crippen molar-refractivity contribution < 1.29 is 23.5 Å². The van der Waals surface area contributed by atoms with Gasteiger partial charge in [-0.2, -0.15) is 5.10 Å². The predicted molar refractivity (Wildman–Crippen MR) is 79.3 cm³/mol. The van der Waals surface area contributed by atoms with Crippen LogP contribution in [0, 0.1) is 5.41 Å². The Morgan fingerprint density at radius 1 is 1.33 bits per heavy atom. The van der Waals surface area contributed by atoms with Crippen LogP contribution in [0.5, 0.6) is 0 Å². The Labute approximate surface area is 137 Å². The van der Waals surface area contributed by atoms with E-state index in [-0.39, 0.29) is 25.9 Å². The molecule has 1 aromatic rings. The van der Waals surface area contributed by atoms with Crippen molar-refractivity contribution in [3.8, 4) is 0 Å². The maximum Gasteiger partial charge on any atom is 0.258 e. The molecular formula is C16H16F2N3O3-. The molecule has 8 heteroatoms. The van der Waals surface area contributed by atoms with Crippen molar-refractivity contribution in [1.82, 2.24) is 9.91 Å². The number of carbonyl (C=O) groups is 2. The van der Waals surface area contributed by atoms with Gasteiger partial charge in [0.1, 0.15) is 18.1 Å². The maximum absolute atomic E-state index is 12.8. The number of likely N-dealkylation sites (tertiary alicyclic amines) is 1. The van der Waals surface area contributed by atoms with Gasteiger partial charge in [0, 0.05) is 19.5 Å². The fraction of sp³-hybridized carbons (Fsp3) is 0.438. The Morgan fingerprint density at radius 2 is 2.04 bits per heavy atom. The normalized spacial score (nSPS) is 23.5. The number of halogens is 2. The Balaban J connectivity index is 1.96. The van der Waals surface area contributed by atoms with E-state index in [9.17, 15) is 23.5 Å². The molecule has 1 atom stereocenters. The largest absolute Gasteiger partial charge is 0.530 e. The van der Waals surface area contributed by atoms with E-state index < -0.39 is 30.4 Å². The van der Waals surface area contributed by atoms with Gasteiger partial charge in [0.15, 0.2) is 0 Å². The first-order valence-electron chi connectivity index (χ1n) is 7.60. The SMILES string of the molecule is O=C([O-])N1CCC2=NN(CC(F)F)C(=O)C2(Cc2ccccc2)C1. The van der Waals surface area contributed by atoms with Crippen LogP contribution < -0.4 is 5.11 Å². The van der Waals surface area contributed by atoms with Gasteiger partial charge in [0.05, 0.1) is 5.71 Å². The lowest BCUT2D eigenvalue weighted by atomic mass is 9.73. The van der Waals surface area contributed by atoms with Crippen LogP contribution >= 0.6 is 0 Å². The smallest absolute Gasteiger partial charge is 0.258 e. The topological polar surface area (TPSA) is 76.0 Å². The molecular weight excluding hydrogens is 320 g/mol. The third-order valence-electron chi connectivity index (χ3n) is 4.43. The molecule has 0 spiro atoms. The third kappa shape index (κ3) is 2.83. The number of hydrazone groups is 1. The van der Waals surface area contributed by atoms with Crippen LogP contribution in [0.15, 0.2) is 35.4 Å². The lowest BCUT2D eigenvalue weighted by Gasteiger charge is -2.40. The number of nitrogens with zero attached hydrogens (tertiary/aromatic N) is 3. The standard InChI is InChI=1S/C16H17F2N3O3/c17-13(18)9-21-14(22)16(8-11-4-2-1-3-5-11)10-20(15(23)24)7-6-12(16)19-21/h1-5,13H,6-10H2,(H,23,24)/p-1. The average Bonchev–Trinajstić information content (AvgIpc) is 2.80. The zero-order valence-electron chi connectivity index (χ0n) is 12.8.